The first-order valence-electron chi connectivity index (χ1n) is 21.7. The van der Waals surface area contributed by atoms with Crippen LogP contribution in [-0.2, 0) is 32.7 Å². The SMILES string of the molecule is CCCCC/C=C/C/C=C/CCCCCCCCCC(=O)O[C@H](COC(=O)CCCCC/C=C/CCCCCCCC)COP(=O)([O-])OCC[N+](C)(C)C. The van der Waals surface area contributed by atoms with E-state index in [0.717, 1.165) is 57.8 Å². The first kappa shape index (κ1) is 52.2. The standard InChI is InChI=1S/C44H82NO8P/c1-6-8-10-12-14-16-18-20-21-22-23-25-27-29-31-33-35-37-44(47)53-42(41-52-54(48,49)51-39-38-45(3,4)5)40-50-43(46)36-34-32-30-28-26-24-19-17-15-13-11-9-7-2/h14,16,20-21,24,26,42H,6-13,15,17-19,22-23,25,27-41H2,1-5H3/b16-14+,21-20+,26-24+/t42-/m1/s1. The summed E-state index contributed by atoms with van der Waals surface area (Å²) >= 11 is 0. The molecule has 0 heterocycles. The third-order valence-electron chi connectivity index (χ3n) is 9.13. The van der Waals surface area contributed by atoms with Crippen LogP contribution < -0.4 is 4.89 Å². The quantitative estimate of drug-likeness (QED) is 0.0199. The molecule has 0 bridgehead atoms. The fourth-order valence-corrected chi connectivity index (χ4v) is 6.41. The van der Waals surface area contributed by atoms with Crippen molar-refractivity contribution in [1.29, 1.82) is 0 Å². The van der Waals surface area contributed by atoms with Crippen molar-refractivity contribution in [2.24, 2.45) is 0 Å². The van der Waals surface area contributed by atoms with Crippen molar-refractivity contribution in [1.82, 2.24) is 0 Å². The first-order chi connectivity index (χ1) is 26.0. The molecule has 0 aliphatic rings. The first-order valence-corrected chi connectivity index (χ1v) is 23.2. The van der Waals surface area contributed by atoms with Gasteiger partial charge in [-0.1, -0.05) is 134 Å². The molecule has 2 atom stereocenters. The predicted molar refractivity (Wildman–Crippen MR) is 222 cm³/mol. The minimum absolute atomic E-state index is 0.0349. The second-order valence-electron chi connectivity index (χ2n) is 15.7. The molecule has 0 aromatic carbocycles. The van der Waals surface area contributed by atoms with Gasteiger partial charge in [0, 0.05) is 12.8 Å². The van der Waals surface area contributed by atoms with Crippen LogP contribution in [0, 0.1) is 0 Å². The number of carbonyl (C=O) groups excluding carboxylic acids is 2. The second-order valence-corrected chi connectivity index (χ2v) is 17.1. The Morgan fingerprint density at radius 1 is 0.574 bits per heavy atom. The second kappa shape index (κ2) is 36.8. The third-order valence-corrected chi connectivity index (χ3v) is 10.1. The topological polar surface area (TPSA) is 111 Å². The number of allylic oxidation sites excluding steroid dienone is 6. The monoisotopic (exact) mass is 784 g/mol. The number of esters is 2. The highest BCUT2D eigenvalue weighted by Crippen LogP contribution is 2.38. The van der Waals surface area contributed by atoms with E-state index in [0.29, 0.717) is 23.9 Å². The van der Waals surface area contributed by atoms with E-state index in [1.165, 1.54) is 83.5 Å². The van der Waals surface area contributed by atoms with Crippen LogP contribution in [0.4, 0.5) is 0 Å². The van der Waals surface area contributed by atoms with Gasteiger partial charge < -0.3 is 27.9 Å². The van der Waals surface area contributed by atoms with E-state index < -0.39 is 32.5 Å². The van der Waals surface area contributed by atoms with Crippen molar-refractivity contribution >= 4 is 19.8 Å². The van der Waals surface area contributed by atoms with Crippen LogP contribution >= 0.6 is 7.82 Å². The fraction of sp³-hybridized carbons (Fsp3) is 0.818. The zero-order chi connectivity index (χ0) is 40.0. The van der Waals surface area contributed by atoms with Crippen molar-refractivity contribution in [3.8, 4) is 0 Å². The van der Waals surface area contributed by atoms with Crippen LogP contribution in [-0.4, -0.2) is 70.0 Å². The van der Waals surface area contributed by atoms with Gasteiger partial charge >= 0.3 is 11.9 Å². The number of nitrogens with zero attached hydrogens (tertiary/aromatic N) is 1. The van der Waals surface area contributed by atoms with E-state index in [4.69, 9.17) is 18.5 Å². The van der Waals surface area contributed by atoms with E-state index in [-0.39, 0.29) is 26.1 Å². The summed E-state index contributed by atoms with van der Waals surface area (Å²) in [5.74, 6) is -0.862. The number of hydrogen-bond acceptors (Lipinski definition) is 8. The van der Waals surface area contributed by atoms with Gasteiger partial charge in [-0.05, 0) is 70.6 Å². The largest absolute Gasteiger partial charge is 0.756 e. The molecule has 0 aliphatic carbocycles. The number of carbonyl (C=O) groups is 2. The summed E-state index contributed by atoms with van der Waals surface area (Å²) in [7, 11) is 1.15. The molecule has 0 rings (SSSR count). The molecular formula is C44H82NO8P. The maximum atomic E-state index is 12.7. The molecule has 0 aliphatic heterocycles. The van der Waals surface area contributed by atoms with Gasteiger partial charge in [0.2, 0.25) is 0 Å². The van der Waals surface area contributed by atoms with Crippen LogP contribution in [0.15, 0.2) is 36.5 Å². The molecule has 0 amide bonds. The zero-order valence-electron chi connectivity index (χ0n) is 35.4. The Kier molecular flexibility index (Phi) is 35.6. The van der Waals surface area contributed by atoms with E-state index in [2.05, 4.69) is 50.3 Å². The summed E-state index contributed by atoms with van der Waals surface area (Å²) in [5.41, 5.74) is 0. The Hall–Kier alpha value is -1.77. The molecule has 316 valence electrons. The zero-order valence-corrected chi connectivity index (χ0v) is 36.3. The molecular weight excluding hydrogens is 701 g/mol. The molecule has 0 radical (unpaired) electrons. The molecule has 0 saturated carbocycles. The Morgan fingerprint density at radius 2 is 1.00 bits per heavy atom. The fourth-order valence-electron chi connectivity index (χ4n) is 5.68. The summed E-state index contributed by atoms with van der Waals surface area (Å²) in [6.07, 6.45) is 40.2. The molecule has 1 unspecified atom stereocenters. The van der Waals surface area contributed by atoms with Gasteiger partial charge in [-0.15, -0.1) is 0 Å². The number of ether oxygens (including phenoxy) is 2. The summed E-state index contributed by atoms with van der Waals surface area (Å²) < 4.78 is 33.8. The lowest BCUT2D eigenvalue weighted by molar-refractivity contribution is -0.870. The number of hydrogen-bond donors (Lipinski definition) is 0. The number of phosphoric ester groups is 1. The Balaban J connectivity index is 4.40. The Morgan fingerprint density at radius 3 is 1.54 bits per heavy atom. The summed E-state index contributed by atoms with van der Waals surface area (Å²) in [6.45, 7) is 4.16. The normalized spacial score (nSPS) is 14.0. The minimum Gasteiger partial charge on any atom is -0.756 e. The average Bonchev–Trinajstić information content (AvgIpc) is 3.12. The van der Waals surface area contributed by atoms with Crippen molar-refractivity contribution in [3.05, 3.63) is 36.5 Å². The van der Waals surface area contributed by atoms with Gasteiger partial charge in [-0.3, -0.25) is 14.2 Å². The van der Waals surface area contributed by atoms with Gasteiger partial charge in [-0.25, -0.2) is 0 Å². The highest BCUT2D eigenvalue weighted by Gasteiger charge is 2.21. The molecule has 0 spiro atoms. The number of unbranched alkanes of at least 4 members (excludes halogenated alkanes) is 19. The summed E-state index contributed by atoms with van der Waals surface area (Å²) in [5, 5.41) is 0. The van der Waals surface area contributed by atoms with Crippen LogP contribution in [0.3, 0.4) is 0 Å². The van der Waals surface area contributed by atoms with Crippen LogP contribution in [0.25, 0.3) is 0 Å². The molecule has 9 nitrogen and oxygen atoms in total. The highest BCUT2D eigenvalue weighted by atomic mass is 31.2. The van der Waals surface area contributed by atoms with Crippen LogP contribution in [0.1, 0.15) is 181 Å². The number of likely N-dealkylation sites (N-methyl/N-ethyl adjacent to an activating group) is 1. The van der Waals surface area contributed by atoms with E-state index in [1.54, 1.807) is 0 Å². The molecule has 0 aromatic heterocycles. The highest BCUT2D eigenvalue weighted by molar-refractivity contribution is 7.45. The van der Waals surface area contributed by atoms with Crippen molar-refractivity contribution < 1.29 is 42.1 Å². The predicted octanol–water partition coefficient (Wildman–Crippen LogP) is 11.5. The van der Waals surface area contributed by atoms with Crippen molar-refractivity contribution in [2.45, 2.75) is 187 Å². The molecule has 10 heteroatoms. The van der Waals surface area contributed by atoms with Crippen LogP contribution in [0.2, 0.25) is 0 Å². The Labute approximate surface area is 331 Å². The minimum atomic E-state index is -4.63. The van der Waals surface area contributed by atoms with E-state index >= 15 is 0 Å². The molecule has 0 aromatic rings. The molecule has 54 heavy (non-hydrogen) atoms. The van der Waals surface area contributed by atoms with Gasteiger partial charge in [0.1, 0.15) is 19.8 Å². The van der Waals surface area contributed by atoms with Gasteiger partial charge in [0.05, 0.1) is 27.7 Å². The number of quaternary nitrogens is 1. The Bertz CT molecular complexity index is 1020. The third kappa shape index (κ3) is 39.9. The van der Waals surface area contributed by atoms with Crippen molar-refractivity contribution in [2.75, 3.05) is 47.5 Å². The molecule has 0 fully saturated rings. The maximum Gasteiger partial charge on any atom is 0.306 e. The van der Waals surface area contributed by atoms with Gasteiger partial charge in [0.25, 0.3) is 7.82 Å². The number of rotatable bonds is 39. The average molecular weight is 784 g/mol. The maximum absolute atomic E-state index is 12.7. The summed E-state index contributed by atoms with van der Waals surface area (Å²) in [6, 6.07) is 0. The van der Waals surface area contributed by atoms with E-state index in [9.17, 15) is 19.0 Å². The lowest BCUT2D eigenvalue weighted by Crippen LogP contribution is -2.37. The smallest absolute Gasteiger partial charge is 0.306 e. The summed E-state index contributed by atoms with van der Waals surface area (Å²) in [4.78, 5) is 37.5. The van der Waals surface area contributed by atoms with Gasteiger partial charge in [0.15, 0.2) is 6.10 Å². The van der Waals surface area contributed by atoms with Gasteiger partial charge in [-0.2, -0.15) is 0 Å². The molecule has 0 N–H and O–H groups in total. The lowest BCUT2D eigenvalue weighted by atomic mass is 10.1. The van der Waals surface area contributed by atoms with Crippen molar-refractivity contribution in [3.63, 3.8) is 0 Å². The molecule has 0 saturated heterocycles. The number of phosphoric acid groups is 1. The van der Waals surface area contributed by atoms with Crippen LogP contribution in [0.5, 0.6) is 0 Å². The van der Waals surface area contributed by atoms with E-state index in [1.807, 2.05) is 21.1 Å². The lowest BCUT2D eigenvalue weighted by Gasteiger charge is -2.28.